The molecule has 0 spiro atoms. The molecular weight excluding hydrogens is 545 g/mol. The molecule has 1 heterocycles. The van der Waals surface area contributed by atoms with Crippen molar-refractivity contribution in [3.05, 3.63) is 99.5 Å². The number of halogens is 2. The molecule has 0 N–H and O–H groups in total. The van der Waals surface area contributed by atoms with E-state index < -0.39 is 10.0 Å². The maximum absolute atomic E-state index is 13.1. The van der Waals surface area contributed by atoms with Gasteiger partial charge in [-0.1, -0.05) is 70.9 Å². The van der Waals surface area contributed by atoms with Gasteiger partial charge in [-0.05, 0) is 73.2 Å². The van der Waals surface area contributed by atoms with Crippen LogP contribution in [0.2, 0.25) is 10.0 Å². The first-order valence-electron chi connectivity index (χ1n) is 12.0. The molecular formula is C28H27Cl2N3O2S2. The van der Waals surface area contributed by atoms with Crippen LogP contribution in [0.25, 0.3) is 5.57 Å². The smallest absolute Gasteiger partial charge is 0.284 e. The van der Waals surface area contributed by atoms with Gasteiger partial charge in [-0.2, -0.15) is 8.42 Å². The van der Waals surface area contributed by atoms with Crippen molar-refractivity contribution in [3.8, 4) is 0 Å². The van der Waals surface area contributed by atoms with Crippen molar-refractivity contribution in [2.45, 2.75) is 24.3 Å². The lowest BCUT2D eigenvalue weighted by Gasteiger charge is -2.44. The van der Waals surface area contributed by atoms with Crippen LogP contribution in [0.15, 0.2) is 82.1 Å². The second kappa shape index (κ2) is 10.7. The van der Waals surface area contributed by atoms with E-state index in [1.165, 1.54) is 17.3 Å². The lowest BCUT2D eigenvalue weighted by Crippen LogP contribution is -2.50. The molecule has 0 aromatic heterocycles. The maximum Gasteiger partial charge on any atom is 0.284 e. The summed E-state index contributed by atoms with van der Waals surface area (Å²) in [5, 5.41) is 1.88. The monoisotopic (exact) mass is 571 g/mol. The summed E-state index contributed by atoms with van der Waals surface area (Å²) in [6, 6.07) is 20.7. The zero-order valence-corrected chi connectivity index (χ0v) is 23.7. The fourth-order valence-corrected chi connectivity index (χ4v) is 6.81. The van der Waals surface area contributed by atoms with Crippen LogP contribution >= 0.6 is 35.0 Å². The molecule has 1 atom stereocenters. The number of allylic oxidation sites excluding steroid dienone is 2. The molecule has 1 unspecified atom stereocenters. The average Bonchev–Trinajstić information content (AvgIpc) is 3.73. The van der Waals surface area contributed by atoms with Crippen molar-refractivity contribution in [1.29, 1.82) is 0 Å². The molecule has 1 aliphatic carbocycles. The third kappa shape index (κ3) is 5.85. The Bertz CT molecular complexity index is 1470. The lowest BCUT2D eigenvalue weighted by molar-refractivity contribution is 0.336. The summed E-state index contributed by atoms with van der Waals surface area (Å²) in [6.07, 6.45) is 5.04. The van der Waals surface area contributed by atoms with E-state index in [9.17, 15) is 8.42 Å². The van der Waals surface area contributed by atoms with E-state index in [4.69, 9.17) is 23.2 Å². The summed E-state index contributed by atoms with van der Waals surface area (Å²) >= 11 is 13.9. The minimum absolute atomic E-state index is 0.0373. The Kier molecular flexibility index (Phi) is 7.59. The van der Waals surface area contributed by atoms with Crippen LogP contribution < -0.4 is 4.90 Å². The van der Waals surface area contributed by atoms with Gasteiger partial charge in [0.1, 0.15) is 0 Å². The molecule has 5 nitrogen and oxygen atoms in total. The van der Waals surface area contributed by atoms with Crippen molar-refractivity contribution in [2.24, 2.45) is 4.40 Å². The van der Waals surface area contributed by atoms with Gasteiger partial charge >= 0.3 is 0 Å². The molecule has 9 heteroatoms. The Morgan fingerprint density at radius 2 is 1.65 bits per heavy atom. The van der Waals surface area contributed by atoms with Crippen LogP contribution in [-0.4, -0.2) is 44.4 Å². The van der Waals surface area contributed by atoms with Gasteiger partial charge in [-0.3, -0.25) is 0 Å². The maximum atomic E-state index is 13.1. The third-order valence-electron chi connectivity index (χ3n) is 6.63. The van der Waals surface area contributed by atoms with Crippen LogP contribution in [-0.2, 0) is 10.0 Å². The first-order chi connectivity index (χ1) is 17.7. The van der Waals surface area contributed by atoms with Crippen molar-refractivity contribution in [3.63, 3.8) is 0 Å². The Hall–Kier alpha value is -2.45. The van der Waals surface area contributed by atoms with Gasteiger partial charge in [0.25, 0.3) is 10.0 Å². The number of benzene rings is 3. The zero-order valence-electron chi connectivity index (χ0n) is 20.6. The number of nitrogens with zero attached hydrogens (tertiary/aromatic N) is 3. The quantitative estimate of drug-likeness (QED) is 0.242. The first kappa shape index (κ1) is 26.2. The summed E-state index contributed by atoms with van der Waals surface area (Å²) in [4.78, 5) is 4.65. The predicted octanol–water partition coefficient (Wildman–Crippen LogP) is 7.06. The summed E-state index contributed by atoms with van der Waals surface area (Å²) < 4.78 is 30.5. The highest BCUT2D eigenvalue weighted by Crippen LogP contribution is 2.42. The van der Waals surface area contributed by atoms with Crippen LogP contribution in [0.1, 0.15) is 29.2 Å². The Labute approximate surface area is 232 Å². The normalized spacial score (nSPS) is 18.1. The molecule has 3 aromatic rings. The molecule has 37 heavy (non-hydrogen) atoms. The number of hydrogen-bond acceptors (Lipinski definition) is 4. The van der Waals surface area contributed by atoms with E-state index in [1.54, 1.807) is 24.3 Å². The van der Waals surface area contributed by atoms with Gasteiger partial charge in [-0.25, -0.2) is 0 Å². The topological polar surface area (TPSA) is 53.0 Å². The Balaban J connectivity index is 1.50. The second-order valence-electron chi connectivity index (χ2n) is 9.17. The van der Waals surface area contributed by atoms with E-state index in [0.717, 1.165) is 28.8 Å². The number of amidine groups is 1. The van der Waals surface area contributed by atoms with E-state index in [-0.39, 0.29) is 10.9 Å². The highest BCUT2D eigenvalue weighted by molar-refractivity contribution is 8.13. The molecule has 192 valence electrons. The minimum Gasteiger partial charge on any atom is -0.360 e. The largest absolute Gasteiger partial charge is 0.360 e. The van der Waals surface area contributed by atoms with Gasteiger partial charge in [0, 0.05) is 40.9 Å². The number of piperazine rings is 1. The van der Waals surface area contributed by atoms with Crippen LogP contribution in [0.3, 0.4) is 0 Å². The molecule has 0 amide bonds. The molecule has 5 rings (SSSR count). The number of thioether (sulfide) groups is 1. The number of aryl methyl sites for hydroxylation is 1. The average molecular weight is 573 g/mol. The number of sulfonamides is 1. The highest BCUT2D eigenvalue weighted by atomic mass is 35.5. The second-order valence-corrected chi connectivity index (χ2v) is 12.4. The molecule has 0 radical (unpaired) electrons. The zero-order chi connectivity index (χ0) is 26.2. The van der Waals surface area contributed by atoms with Crippen molar-refractivity contribution >= 4 is 61.4 Å². The van der Waals surface area contributed by atoms with Crippen LogP contribution in [0.5, 0.6) is 0 Å². The third-order valence-corrected chi connectivity index (χ3v) is 9.23. The van der Waals surface area contributed by atoms with E-state index in [1.807, 2.05) is 49.6 Å². The van der Waals surface area contributed by atoms with Gasteiger partial charge in [0.15, 0.2) is 5.17 Å². The highest BCUT2D eigenvalue weighted by Gasteiger charge is 2.33. The fourth-order valence-electron chi connectivity index (χ4n) is 4.59. The predicted molar refractivity (Wildman–Crippen MR) is 156 cm³/mol. The summed E-state index contributed by atoms with van der Waals surface area (Å²) in [6.45, 7) is 3.83. The van der Waals surface area contributed by atoms with Crippen LogP contribution in [0, 0.1) is 6.92 Å². The molecule has 2 aliphatic rings. The summed E-state index contributed by atoms with van der Waals surface area (Å²) in [7, 11) is -3.83. The molecule has 1 aliphatic heterocycles. The van der Waals surface area contributed by atoms with Gasteiger partial charge in [-0.15, -0.1) is 4.40 Å². The summed E-state index contributed by atoms with van der Waals surface area (Å²) in [5.74, 6) is 0. The van der Waals surface area contributed by atoms with E-state index in [2.05, 4.69) is 26.3 Å². The van der Waals surface area contributed by atoms with Crippen molar-refractivity contribution in [2.75, 3.05) is 30.8 Å². The first-order valence-corrected chi connectivity index (χ1v) is 15.4. The molecule has 0 saturated carbocycles. The standard InChI is InChI=1S/C28H27Cl2N3O2S2/c1-19-3-12-24(13-4-19)37(34,35)31-28(36-2)32-15-16-33(27(18-32)21-7-9-22(29)10-8-21)26-14-11-23(30)17-25(26)20-5-6-20/h3-5,7-14,17,27H,6,15-16,18H2,1-2H3. The molecule has 3 aromatic carbocycles. The van der Waals surface area contributed by atoms with Gasteiger partial charge in [0.2, 0.25) is 0 Å². The summed E-state index contributed by atoms with van der Waals surface area (Å²) in [5.41, 5.74) is 5.67. The SMILES string of the molecule is CSC(=NS(=O)(=O)c1ccc(C)cc1)N1CCN(c2ccc(Cl)cc2C2=CC2)C(c2ccc(Cl)cc2)C1. The van der Waals surface area contributed by atoms with Gasteiger partial charge < -0.3 is 9.80 Å². The Morgan fingerprint density at radius 3 is 2.30 bits per heavy atom. The molecule has 1 saturated heterocycles. The van der Waals surface area contributed by atoms with Crippen LogP contribution in [0.4, 0.5) is 5.69 Å². The number of rotatable bonds is 5. The molecule has 1 fully saturated rings. The number of hydrogen-bond donors (Lipinski definition) is 0. The van der Waals surface area contributed by atoms with Gasteiger partial charge in [0.05, 0.1) is 10.9 Å². The van der Waals surface area contributed by atoms with Crippen molar-refractivity contribution < 1.29 is 8.42 Å². The Morgan fingerprint density at radius 1 is 0.973 bits per heavy atom. The minimum atomic E-state index is -3.83. The fraction of sp³-hybridized carbons (Fsp3) is 0.250. The lowest BCUT2D eigenvalue weighted by atomic mass is 9.99. The van der Waals surface area contributed by atoms with Crippen molar-refractivity contribution in [1.82, 2.24) is 4.90 Å². The number of anilines is 1. The van der Waals surface area contributed by atoms with E-state index in [0.29, 0.717) is 34.8 Å². The van der Waals surface area contributed by atoms with E-state index >= 15 is 0 Å². The molecule has 0 bridgehead atoms.